The molecule has 1 atom stereocenters. The van der Waals surface area contributed by atoms with Gasteiger partial charge >= 0.3 is 5.88 Å². The molecule has 0 aliphatic carbocycles. The number of halogens is 2. The van der Waals surface area contributed by atoms with Gasteiger partial charge in [0.15, 0.2) is 22.2 Å². The average molecular weight is 662 g/mol. The first kappa shape index (κ1) is 32.0. The number of thiocarbonyl (C=S) groups is 2. The fourth-order valence-electron chi connectivity index (χ4n) is 4.40. The standard InChI is InChI=1S/C28H26Cl2N6O5S2/c1-28(2)25(35(38)26(42)32-20-9-5-18(29)6-10-20)34(21-11-7-19(30)8-12-21)27(43)33(28)17-22(37)16-31-15-3-4-23-13-14-24(41-23)36(39)40/h3-15,25,38H,16-17H2,1-2H3,(H,32,42)/b4-3+,31-15?. The number of hydrogen-bond acceptors (Lipinski definition) is 8. The van der Waals surface area contributed by atoms with Crippen molar-refractivity contribution in [1.82, 2.24) is 9.96 Å². The van der Waals surface area contributed by atoms with Crippen molar-refractivity contribution < 1.29 is 19.3 Å². The highest BCUT2D eigenvalue weighted by Gasteiger charge is 2.53. The Balaban J connectivity index is 1.50. The van der Waals surface area contributed by atoms with Crippen LogP contribution in [0.1, 0.15) is 19.6 Å². The predicted octanol–water partition coefficient (Wildman–Crippen LogP) is 6.45. The number of benzene rings is 2. The van der Waals surface area contributed by atoms with Gasteiger partial charge in [-0.15, -0.1) is 0 Å². The lowest BCUT2D eigenvalue weighted by Crippen LogP contribution is -2.58. The molecule has 11 nitrogen and oxygen atoms in total. The van der Waals surface area contributed by atoms with Crippen molar-refractivity contribution in [2.45, 2.75) is 25.6 Å². The Morgan fingerprint density at radius 1 is 1.16 bits per heavy atom. The van der Waals surface area contributed by atoms with Gasteiger partial charge in [-0.25, -0.2) is 5.06 Å². The van der Waals surface area contributed by atoms with Crippen LogP contribution in [0.5, 0.6) is 0 Å². The van der Waals surface area contributed by atoms with Crippen LogP contribution in [0.15, 0.2) is 76.1 Å². The zero-order valence-corrected chi connectivity index (χ0v) is 26.0. The van der Waals surface area contributed by atoms with Gasteiger partial charge in [-0.1, -0.05) is 23.2 Å². The molecular formula is C28H26Cl2N6O5S2. The zero-order chi connectivity index (χ0) is 31.3. The quantitative estimate of drug-likeness (QED) is 0.108. The number of aliphatic imine (C=N–C) groups is 1. The lowest BCUT2D eigenvalue weighted by Gasteiger charge is -2.39. The number of allylic oxidation sites excluding steroid dienone is 1. The van der Waals surface area contributed by atoms with Crippen molar-refractivity contribution >= 4 is 93.2 Å². The summed E-state index contributed by atoms with van der Waals surface area (Å²) in [5.41, 5.74) is 0.330. The lowest BCUT2D eigenvalue weighted by molar-refractivity contribution is -0.402. The lowest BCUT2D eigenvalue weighted by atomic mass is 9.99. The number of nitrogens with zero attached hydrogens (tertiary/aromatic N) is 5. The maximum absolute atomic E-state index is 13.0. The van der Waals surface area contributed by atoms with Gasteiger partial charge in [0.25, 0.3) is 0 Å². The molecule has 43 heavy (non-hydrogen) atoms. The van der Waals surface area contributed by atoms with Crippen LogP contribution in [0.25, 0.3) is 6.08 Å². The van der Waals surface area contributed by atoms with Crippen LogP contribution in [-0.4, -0.2) is 67.1 Å². The first-order valence-electron chi connectivity index (χ1n) is 12.7. The molecule has 1 aliphatic rings. The predicted molar refractivity (Wildman–Crippen MR) is 175 cm³/mol. The second kappa shape index (κ2) is 13.6. The highest BCUT2D eigenvalue weighted by atomic mass is 35.5. The Hall–Kier alpha value is -3.88. The summed E-state index contributed by atoms with van der Waals surface area (Å²) < 4.78 is 5.04. The summed E-state index contributed by atoms with van der Waals surface area (Å²) in [6.45, 7) is 3.44. The molecule has 4 rings (SSSR count). The van der Waals surface area contributed by atoms with E-state index in [9.17, 15) is 20.1 Å². The van der Waals surface area contributed by atoms with E-state index in [0.29, 0.717) is 26.5 Å². The van der Waals surface area contributed by atoms with Gasteiger partial charge in [0.2, 0.25) is 0 Å². The molecule has 2 heterocycles. The normalized spacial score (nSPS) is 16.3. The second-order valence-corrected chi connectivity index (χ2v) is 11.5. The van der Waals surface area contributed by atoms with Gasteiger partial charge < -0.3 is 14.6 Å². The molecule has 1 aliphatic heterocycles. The van der Waals surface area contributed by atoms with Gasteiger partial charge in [0.1, 0.15) is 10.7 Å². The Morgan fingerprint density at radius 2 is 1.79 bits per heavy atom. The molecule has 1 saturated heterocycles. The molecule has 15 heteroatoms. The molecule has 1 aromatic heterocycles. The minimum absolute atomic E-state index is 0.00798. The Morgan fingerprint density at radius 3 is 2.40 bits per heavy atom. The number of hydroxylamine groups is 2. The summed E-state index contributed by atoms with van der Waals surface area (Å²) in [5, 5.41) is 27.5. The monoisotopic (exact) mass is 660 g/mol. The first-order chi connectivity index (χ1) is 20.4. The Bertz CT molecular complexity index is 1580. The van der Waals surface area contributed by atoms with E-state index in [1.165, 1.54) is 30.5 Å². The Labute approximate surface area is 268 Å². The third kappa shape index (κ3) is 7.56. The number of hydrogen-bond donors (Lipinski definition) is 2. The second-order valence-electron chi connectivity index (χ2n) is 9.84. The van der Waals surface area contributed by atoms with E-state index in [2.05, 4.69) is 10.3 Å². The van der Waals surface area contributed by atoms with Crippen LogP contribution >= 0.6 is 47.6 Å². The van der Waals surface area contributed by atoms with E-state index in [-0.39, 0.29) is 35.6 Å². The minimum atomic E-state index is -0.926. The van der Waals surface area contributed by atoms with E-state index in [0.717, 1.165) is 5.06 Å². The van der Waals surface area contributed by atoms with Crippen molar-refractivity contribution in [1.29, 1.82) is 0 Å². The third-order valence-electron chi connectivity index (χ3n) is 6.50. The molecule has 0 bridgehead atoms. The first-order valence-corrected chi connectivity index (χ1v) is 14.3. The molecule has 1 unspecified atom stereocenters. The number of carbonyl (C=O) groups is 1. The van der Waals surface area contributed by atoms with E-state index in [1.54, 1.807) is 58.3 Å². The van der Waals surface area contributed by atoms with Crippen LogP contribution in [0.2, 0.25) is 10.0 Å². The van der Waals surface area contributed by atoms with Crippen LogP contribution in [0.3, 0.4) is 0 Å². The van der Waals surface area contributed by atoms with Crippen LogP contribution in [0, 0.1) is 10.1 Å². The van der Waals surface area contributed by atoms with E-state index in [1.807, 2.05) is 13.8 Å². The molecule has 0 saturated carbocycles. The molecule has 0 radical (unpaired) electrons. The molecule has 0 amide bonds. The van der Waals surface area contributed by atoms with Crippen molar-refractivity contribution in [2.24, 2.45) is 4.99 Å². The molecule has 224 valence electrons. The number of rotatable bonds is 10. The average Bonchev–Trinajstić information content (AvgIpc) is 3.51. The third-order valence-corrected chi connectivity index (χ3v) is 7.71. The summed E-state index contributed by atoms with van der Waals surface area (Å²) in [7, 11) is 0. The highest BCUT2D eigenvalue weighted by molar-refractivity contribution is 7.80. The summed E-state index contributed by atoms with van der Waals surface area (Å²) in [6, 6.07) is 16.5. The molecule has 2 aromatic carbocycles. The maximum atomic E-state index is 13.0. The van der Waals surface area contributed by atoms with E-state index < -0.39 is 16.6 Å². The van der Waals surface area contributed by atoms with Crippen LogP contribution in [0.4, 0.5) is 17.3 Å². The number of Topliss-reactive ketones (excluding diaryl/α,β-unsaturated/α-hetero) is 1. The van der Waals surface area contributed by atoms with E-state index >= 15 is 0 Å². The number of furan rings is 1. The molecule has 3 aromatic rings. The summed E-state index contributed by atoms with van der Waals surface area (Å²) in [4.78, 5) is 30.7. The van der Waals surface area contributed by atoms with Crippen LogP contribution in [-0.2, 0) is 4.79 Å². The van der Waals surface area contributed by atoms with Gasteiger partial charge in [-0.05, 0) is 105 Å². The van der Waals surface area contributed by atoms with Gasteiger partial charge in [-0.2, -0.15) is 0 Å². The van der Waals surface area contributed by atoms with Crippen molar-refractivity contribution in [2.75, 3.05) is 23.3 Å². The fourth-order valence-corrected chi connectivity index (χ4v) is 5.38. The van der Waals surface area contributed by atoms with Crippen molar-refractivity contribution in [3.05, 3.63) is 92.7 Å². The number of anilines is 2. The van der Waals surface area contributed by atoms with Gasteiger partial charge in [-0.3, -0.25) is 30.0 Å². The van der Waals surface area contributed by atoms with Gasteiger partial charge in [0, 0.05) is 27.6 Å². The fraction of sp³-hybridized carbons (Fsp3) is 0.214. The van der Waals surface area contributed by atoms with Gasteiger partial charge in [0.05, 0.1) is 24.7 Å². The minimum Gasteiger partial charge on any atom is -0.401 e. The maximum Gasteiger partial charge on any atom is 0.433 e. The number of nitro groups is 1. The topological polar surface area (TPSA) is 128 Å². The Kier molecular flexibility index (Phi) is 10.1. The molecule has 1 fully saturated rings. The molecule has 2 N–H and O–H groups in total. The smallest absolute Gasteiger partial charge is 0.401 e. The summed E-state index contributed by atoms with van der Waals surface area (Å²) >= 11 is 23.5. The van der Waals surface area contributed by atoms with Crippen molar-refractivity contribution in [3.8, 4) is 0 Å². The largest absolute Gasteiger partial charge is 0.433 e. The van der Waals surface area contributed by atoms with E-state index in [4.69, 9.17) is 52.1 Å². The van der Waals surface area contributed by atoms with Crippen molar-refractivity contribution in [3.63, 3.8) is 0 Å². The van der Waals surface area contributed by atoms with Crippen LogP contribution < -0.4 is 10.2 Å². The zero-order valence-electron chi connectivity index (χ0n) is 22.9. The molecular weight excluding hydrogens is 635 g/mol. The summed E-state index contributed by atoms with van der Waals surface area (Å²) in [5.74, 6) is -0.333. The highest BCUT2D eigenvalue weighted by Crippen LogP contribution is 2.38. The SMILES string of the molecule is CC1(C)C(N(O)C(=S)Nc2ccc(Cl)cc2)N(c2ccc(Cl)cc2)C(=S)N1CC(=O)CN=C/C=C/c1ccc([N+](=O)[O-])o1. The summed E-state index contributed by atoms with van der Waals surface area (Å²) in [6.07, 6.45) is 3.56. The number of nitrogens with one attached hydrogen (secondary N) is 1. The number of carbonyl (C=O) groups excluding carboxylic acids is 1. The number of ketones is 1. The molecule has 0 spiro atoms.